The first kappa shape index (κ1) is 24.3. The molecule has 0 aliphatic heterocycles. The summed E-state index contributed by atoms with van der Waals surface area (Å²) >= 11 is 8.87. The number of carbonyl (C=O) groups is 1. The van der Waals surface area contributed by atoms with Gasteiger partial charge in [0.25, 0.3) is 10.0 Å². The third-order valence-corrected chi connectivity index (χ3v) is 8.31. The van der Waals surface area contributed by atoms with E-state index in [1.54, 1.807) is 42.1 Å². The molecule has 1 heterocycles. The van der Waals surface area contributed by atoms with Crippen molar-refractivity contribution in [1.29, 1.82) is 0 Å². The molecule has 0 saturated heterocycles. The van der Waals surface area contributed by atoms with Crippen molar-refractivity contribution < 1.29 is 17.9 Å². The second-order valence-corrected chi connectivity index (χ2v) is 11.1. The van der Waals surface area contributed by atoms with Crippen LogP contribution in [0.25, 0.3) is 0 Å². The molecule has 0 radical (unpaired) electrons. The van der Waals surface area contributed by atoms with Crippen molar-refractivity contribution in [3.05, 3.63) is 53.6 Å². The van der Waals surface area contributed by atoms with Gasteiger partial charge in [-0.3, -0.25) is 14.4 Å². The molecule has 12 heteroatoms. The van der Waals surface area contributed by atoms with Gasteiger partial charge in [-0.05, 0) is 48.9 Å². The highest BCUT2D eigenvalue weighted by Gasteiger charge is 2.28. The summed E-state index contributed by atoms with van der Waals surface area (Å²) in [4.78, 5) is 12.8. The summed E-state index contributed by atoms with van der Waals surface area (Å²) in [7, 11) is -2.58. The van der Waals surface area contributed by atoms with Crippen LogP contribution in [0, 0.1) is 0 Å². The molecule has 0 spiro atoms. The van der Waals surface area contributed by atoms with Crippen molar-refractivity contribution in [1.82, 2.24) is 10.2 Å². The number of hydrogen-bond donors (Lipinski definition) is 1. The number of sulfonamides is 1. The Labute approximate surface area is 200 Å². The van der Waals surface area contributed by atoms with Gasteiger partial charge in [0.15, 0.2) is 4.34 Å². The van der Waals surface area contributed by atoms with Gasteiger partial charge in [0.1, 0.15) is 12.3 Å². The molecule has 8 nitrogen and oxygen atoms in total. The van der Waals surface area contributed by atoms with Crippen LogP contribution in [-0.4, -0.2) is 43.9 Å². The van der Waals surface area contributed by atoms with Crippen LogP contribution in [0.1, 0.15) is 13.3 Å². The predicted octanol–water partition coefficient (Wildman–Crippen LogP) is 4.54. The molecule has 32 heavy (non-hydrogen) atoms. The van der Waals surface area contributed by atoms with Crippen LogP contribution < -0.4 is 14.4 Å². The van der Waals surface area contributed by atoms with E-state index < -0.39 is 22.5 Å². The van der Waals surface area contributed by atoms with E-state index in [1.165, 1.54) is 36.6 Å². The van der Waals surface area contributed by atoms with E-state index >= 15 is 0 Å². The molecule has 0 atom stereocenters. The minimum Gasteiger partial charge on any atom is -0.497 e. The van der Waals surface area contributed by atoms with E-state index in [0.29, 0.717) is 15.9 Å². The number of halogens is 1. The van der Waals surface area contributed by atoms with Crippen LogP contribution in [0.5, 0.6) is 5.75 Å². The maximum absolute atomic E-state index is 13.4. The van der Waals surface area contributed by atoms with E-state index in [-0.39, 0.29) is 10.6 Å². The van der Waals surface area contributed by atoms with Gasteiger partial charge in [-0.15, -0.1) is 10.2 Å². The molecule has 3 aromatic rings. The average molecular weight is 513 g/mol. The molecule has 1 amide bonds. The zero-order valence-electron chi connectivity index (χ0n) is 17.3. The van der Waals surface area contributed by atoms with Gasteiger partial charge in [0.2, 0.25) is 11.0 Å². The normalized spacial score (nSPS) is 11.2. The summed E-state index contributed by atoms with van der Waals surface area (Å²) in [6.07, 6.45) is 0.990. The minimum atomic E-state index is -4.07. The fraction of sp³-hybridized carbons (Fsp3) is 0.250. The van der Waals surface area contributed by atoms with Crippen LogP contribution in [0.3, 0.4) is 0 Å². The first-order valence-corrected chi connectivity index (χ1v) is 13.1. The Bertz CT molecular complexity index is 1170. The SMILES string of the molecule is CCCSc1nnc(NC(=O)CN(c2cccc(Cl)c2)S(=O)(=O)c2ccc(OC)cc2)s1. The Kier molecular flexibility index (Phi) is 8.35. The van der Waals surface area contributed by atoms with Crippen LogP contribution in [0.4, 0.5) is 10.8 Å². The van der Waals surface area contributed by atoms with Gasteiger partial charge in [-0.1, -0.05) is 47.7 Å². The Morgan fingerprint density at radius 2 is 1.97 bits per heavy atom. The topological polar surface area (TPSA) is 101 Å². The van der Waals surface area contributed by atoms with E-state index in [9.17, 15) is 13.2 Å². The molecule has 170 valence electrons. The molecule has 0 aliphatic rings. The maximum Gasteiger partial charge on any atom is 0.264 e. The summed E-state index contributed by atoms with van der Waals surface area (Å²) in [5.41, 5.74) is 0.264. The summed E-state index contributed by atoms with van der Waals surface area (Å²) in [5.74, 6) is 0.861. The van der Waals surface area contributed by atoms with E-state index in [2.05, 4.69) is 22.4 Å². The largest absolute Gasteiger partial charge is 0.497 e. The van der Waals surface area contributed by atoms with Crippen molar-refractivity contribution in [3.8, 4) is 5.75 Å². The Balaban J connectivity index is 1.86. The molecule has 1 aromatic heterocycles. The summed E-state index contributed by atoms with van der Waals surface area (Å²) in [5, 5.41) is 11.3. The van der Waals surface area contributed by atoms with Gasteiger partial charge in [0.05, 0.1) is 17.7 Å². The quantitative estimate of drug-likeness (QED) is 0.314. The molecular formula is C20H21ClN4O4S3. The fourth-order valence-electron chi connectivity index (χ4n) is 2.62. The number of benzene rings is 2. The van der Waals surface area contributed by atoms with Crippen LogP contribution in [0.15, 0.2) is 57.8 Å². The number of thioether (sulfide) groups is 1. The van der Waals surface area contributed by atoms with Gasteiger partial charge in [0, 0.05) is 10.8 Å². The predicted molar refractivity (Wildman–Crippen MR) is 129 cm³/mol. The lowest BCUT2D eigenvalue weighted by Crippen LogP contribution is -2.38. The second kappa shape index (κ2) is 11.0. The number of anilines is 2. The standard InChI is InChI=1S/C20H21ClN4O4S3/c1-3-11-30-20-24-23-19(31-20)22-18(26)13-25(15-6-4-5-14(21)12-15)32(27,28)17-9-7-16(29-2)8-10-17/h4-10,12H,3,11,13H2,1-2H3,(H,22,23,26). The summed E-state index contributed by atoms with van der Waals surface area (Å²) in [6.45, 7) is 1.59. The lowest BCUT2D eigenvalue weighted by molar-refractivity contribution is -0.114. The molecule has 3 rings (SSSR count). The zero-order valence-corrected chi connectivity index (χ0v) is 20.5. The molecule has 0 unspecified atom stereocenters. The van der Waals surface area contributed by atoms with Crippen molar-refractivity contribution in [2.75, 3.05) is 29.0 Å². The number of carbonyl (C=O) groups excluding carboxylic acids is 1. The molecule has 1 N–H and O–H groups in total. The van der Waals surface area contributed by atoms with Crippen molar-refractivity contribution >= 4 is 61.4 Å². The molecular weight excluding hydrogens is 492 g/mol. The Morgan fingerprint density at radius 1 is 1.22 bits per heavy atom. The highest BCUT2D eigenvalue weighted by Crippen LogP contribution is 2.28. The summed E-state index contributed by atoms with van der Waals surface area (Å²) < 4.78 is 33.6. The van der Waals surface area contributed by atoms with Crippen LogP contribution >= 0.6 is 34.7 Å². The Hall–Kier alpha value is -2.34. The van der Waals surface area contributed by atoms with E-state index in [0.717, 1.165) is 20.8 Å². The average Bonchev–Trinajstić information content (AvgIpc) is 3.23. The monoisotopic (exact) mass is 512 g/mol. The third-order valence-electron chi connectivity index (χ3n) is 4.11. The molecule has 0 fully saturated rings. The number of methoxy groups -OCH3 is 1. The van der Waals surface area contributed by atoms with Gasteiger partial charge < -0.3 is 4.74 Å². The number of nitrogens with zero attached hydrogens (tertiary/aromatic N) is 3. The van der Waals surface area contributed by atoms with Crippen molar-refractivity contribution in [3.63, 3.8) is 0 Å². The summed E-state index contributed by atoms with van der Waals surface area (Å²) in [6, 6.07) is 12.2. The number of amides is 1. The smallest absolute Gasteiger partial charge is 0.264 e. The molecule has 0 bridgehead atoms. The first-order valence-electron chi connectivity index (χ1n) is 9.52. The molecule has 0 aliphatic carbocycles. The fourth-order valence-corrected chi connectivity index (χ4v) is 5.91. The van der Waals surface area contributed by atoms with Crippen molar-refractivity contribution in [2.24, 2.45) is 0 Å². The van der Waals surface area contributed by atoms with Gasteiger partial charge in [-0.25, -0.2) is 8.42 Å². The molecule has 2 aromatic carbocycles. The van der Waals surface area contributed by atoms with Crippen molar-refractivity contribution in [2.45, 2.75) is 22.6 Å². The minimum absolute atomic E-state index is 0.0141. The zero-order chi connectivity index (χ0) is 23.1. The second-order valence-electron chi connectivity index (χ2n) is 6.44. The first-order chi connectivity index (χ1) is 15.3. The number of rotatable bonds is 10. The lowest BCUT2D eigenvalue weighted by Gasteiger charge is -2.24. The number of ether oxygens (including phenoxy) is 1. The number of aromatic nitrogens is 2. The van der Waals surface area contributed by atoms with Crippen LogP contribution in [-0.2, 0) is 14.8 Å². The third kappa shape index (κ3) is 6.12. The van der Waals surface area contributed by atoms with Gasteiger partial charge >= 0.3 is 0 Å². The number of nitrogens with one attached hydrogen (secondary N) is 1. The van der Waals surface area contributed by atoms with E-state index in [4.69, 9.17) is 16.3 Å². The van der Waals surface area contributed by atoms with Gasteiger partial charge in [-0.2, -0.15) is 0 Å². The Morgan fingerprint density at radius 3 is 2.62 bits per heavy atom. The molecule has 0 saturated carbocycles. The highest BCUT2D eigenvalue weighted by atomic mass is 35.5. The number of hydrogen-bond acceptors (Lipinski definition) is 8. The highest BCUT2D eigenvalue weighted by molar-refractivity contribution is 8.01. The lowest BCUT2D eigenvalue weighted by atomic mass is 10.3. The van der Waals surface area contributed by atoms with E-state index in [1.807, 2.05) is 0 Å². The maximum atomic E-state index is 13.4. The van der Waals surface area contributed by atoms with Crippen LogP contribution in [0.2, 0.25) is 5.02 Å².